The van der Waals surface area contributed by atoms with E-state index in [2.05, 4.69) is 28.8 Å². The minimum atomic E-state index is -5.89. The second kappa shape index (κ2) is 28.2. The number of nitrogen functional groups attached to an aromatic ring is 1. The molecule has 0 saturated heterocycles. The Morgan fingerprint density at radius 3 is 1.09 bits per heavy atom. The van der Waals surface area contributed by atoms with Gasteiger partial charge in [0.25, 0.3) is 0 Å². The average Bonchev–Trinajstić information content (AvgIpc) is 3.10. The Morgan fingerprint density at radius 2 is 0.771 bits per heavy atom. The first-order chi connectivity index (χ1) is 28.8. The number of phenols is 1. The van der Waals surface area contributed by atoms with E-state index in [0.717, 1.165) is 0 Å². The molecule has 352 valence electrons. The van der Waals surface area contributed by atoms with Crippen molar-refractivity contribution in [1.29, 1.82) is 0 Å². The molecular weight excluding hydrogens is 1180 g/mol. The van der Waals surface area contributed by atoms with Gasteiger partial charge in [-0.1, -0.05) is 0 Å². The molecular formula is C26H19N5Na6O25S8. The number of nitrogens with zero attached hydrogens (tertiary/aromatic N) is 4. The van der Waals surface area contributed by atoms with E-state index in [0.29, 0.717) is 24.3 Å². The van der Waals surface area contributed by atoms with E-state index in [-0.39, 0.29) is 202 Å². The van der Waals surface area contributed by atoms with Crippen LogP contribution in [0.3, 0.4) is 0 Å². The summed E-state index contributed by atoms with van der Waals surface area (Å²) in [6.07, 6.45) is 0. The SMILES string of the molecule is Nc1c(N=Nc2ccc(S(=O)(=O)CCOS(=O)(=O)[O-])cc2S(=O)(=O)[O-])c(S(=O)(=O)[O-])cc2cc(S(=O)(=O)[O-])c(N=Nc3ccc(S(=O)(=O)CCOS(=O)(=O)[O-])cc3S(=O)(=O)[O-])c(O)c12.[Na+].[Na+].[Na+].[Na+].[Na+].[Na+]. The number of anilines is 1. The Kier molecular flexibility index (Phi) is 30.4. The van der Waals surface area contributed by atoms with Gasteiger partial charge >= 0.3 is 177 Å². The summed E-state index contributed by atoms with van der Waals surface area (Å²) in [5.41, 5.74) is -0.195. The maximum atomic E-state index is 12.6. The molecule has 70 heavy (non-hydrogen) atoms. The summed E-state index contributed by atoms with van der Waals surface area (Å²) in [4.78, 5) is -8.19. The van der Waals surface area contributed by atoms with E-state index in [1.165, 1.54) is 0 Å². The molecule has 0 fully saturated rings. The molecule has 0 saturated carbocycles. The van der Waals surface area contributed by atoms with Crippen LogP contribution in [0.5, 0.6) is 5.75 Å². The summed E-state index contributed by atoms with van der Waals surface area (Å²) in [7, 11) is -43.5. The van der Waals surface area contributed by atoms with E-state index in [4.69, 9.17) is 5.73 Å². The topological polar surface area (TPSA) is 526 Å². The third-order valence-electron chi connectivity index (χ3n) is 7.65. The van der Waals surface area contributed by atoms with Gasteiger partial charge in [-0.25, -0.2) is 67.3 Å². The third-order valence-corrected chi connectivity index (χ3v) is 15.3. The molecule has 3 N–H and O–H groups in total. The molecule has 4 rings (SSSR count). The second-order valence-corrected chi connectivity index (χ2v) is 23.6. The van der Waals surface area contributed by atoms with Crippen molar-refractivity contribution in [1.82, 2.24) is 0 Å². The van der Waals surface area contributed by atoms with Crippen LogP contribution in [0.4, 0.5) is 28.4 Å². The van der Waals surface area contributed by atoms with Gasteiger partial charge in [0.1, 0.15) is 63.2 Å². The maximum absolute atomic E-state index is 12.6. The van der Waals surface area contributed by atoms with E-state index in [1.54, 1.807) is 0 Å². The van der Waals surface area contributed by atoms with Crippen molar-refractivity contribution in [2.75, 3.05) is 30.5 Å². The van der Waals surface area contributed by atoms with Gasteiger partial charge in [-0.15, -0.1) is 20.5 Å². The van der Waals surface area contributed by atoms with E-state index in [9.17, 15) is 99.8 Å². The molecule has 0 atom stereocenters. The van der Waals surface area contributed by atoms with Crippen molar-refractivity contribution < 1.29 is 285 Å². The number of hydrogen-bond donors (Lipinski definition) is 2. The minimum Gasteiger partial charge on any atom is -0.744 e. The van der Waals surface area contributed by atoms with Crippen LogP contribution in [0, 0.1) is 0 Å². The first-order valence-corrected chi connectivity index (χ1v) is 27.2. The van der Waals surface area contributed by atoms with Crippen molar-refractivity contribution in [2.24, 2.45) is 20.5 Å². The quantitative estimate of drug-likeness (QED) is 0.0307. The molecule has 30 nitrogen and oxygen atoms in total. The number of azo groups is 2. The second-order valence-electron chi connectivity index (χ2n) is 11.9. The number of hydrogen-bond acceptors (Lipinski definition) is 30. The summed E-state index contributed by atoms with van der Waals surface area (Å²) in [5.74, 6) is -4.10. The molecule has 0 aliphatic carbocycles. The number of benzene rings is 4. The Morgan fingerprint density at radius 1 is 0.457 bits per heavy atom. The van der Waals surface area contributed by atoms with Gasteiger partial charge < -0.3 is 38.2 Å². The normalized spacial score (nSPS) is 12.7. The molecule has 4 aromatic carbocycles. The first-order valence-electron chi connectivity index (χ1n) is 15.6. The van der Waals surface area contributed by atoms with Crippen molar-refractivity contribution in [3.8, 4) is 5.75 Å². The van der Waals surface area contributed by atoms with Crippen molar-refractivity contribution in [2.45, 2.75) is 29.4 Å². The summed E-state index contributed by atoms with van der Waals surface area (Å²) in [6, 6.07) is 2.89. The van der Waals surface area contributed by atoms with Crippen molar-refractivity contribution >= 4 is 120 Å². The van der Waals surface area contributed by atoms with Crippen LogP contribution < -0.4 is 183 Å². The molecule has 0 aromatic heterocycles. The molecule has 0 bridgehead atoms. The predicted octanol–water partition coefficient (Wildman–Crippen LogP) is -18.9. The van der Waals surface area contributed by atoms with Crippen molar-refractivity contribution in [3.05, 3.63) is 48.5 Å². The molecule has 0 amide bonds. The van der Waals surface area contributed by atoms with Crippen molar-refractivity contribution in [3.63, 3.8) is 0 Å². The van der Waals surface area contributed by atoms with Gasteiger partial charge in [0, 0.05) is 0 Å². The van der Waals surface area contributed by atoms with E-state index >= 15 is 0 Å². The largest absolute Gasteiger partial charge is 1.00 e. The fraction of sp³-hybridized carbons (Fsp3) is 0.154. The van der Waals surface area contributed by atoms with Gasteiger partial charge in [0.05, 0.1) is 65.2 Å². The predicted molar refractivity (Wildman–Crippen MR) is 199 cm³/mol. The molecule has 0 spiro atoms. The first kappa shape index (κ1) is 75.5. The Hall–Kier alpha value is 1.22. The molecule has 0 radical (unpaired) electrons. The molecule has 0 unspecified atom stereocenters. The fourth-order valence-electron chi connectivity index (χ4n) is 4.97. The number of sulfone groups is 2. The molecule has 0 heterocycles. The van der Waals surface area contributed by atoms with Gasteiger partial charge in [-0.3, -0.25) is 8.37 Å². The van der Waals surface area contributed by atoms with Crippen LogP contribution in [0.15, 0.2) is 98.4 Å². The van der Waals surface area contributed by atoms with Crippen LogP contribution >= 0.6 is 0 Å². The monoisotopic (exact) mass is 1190 g/mol. The fourth-order valence-corrected chi connectivity index (χ4v) is 10.7. The third kappa shape index (κ3) is 20.5. The Labute approximate surface area is 531 Å². The standard InChI is InChI=1S/C26H25N5O25S8.6Na/c27-23-22-13(9-20(61(43,44)45)24(23)30-28-16-3-1-14(11-18(16)59(37,38)39)57(33,34)7-5-55-63(49,50)51)10-21(62(46,47)48)25(26(22)32)31-29-17-4-2-15(12-19(17)60(40,41)42)58(35,36)8-6-56-64(52,53)54;;;;;;/h1-4,9-12,32H,5-8,27H2,(H,37,38,39)(H,40,41,42)(H,43,44,45)(H,46,47,48)(H,49,50,51)(H,52,53,54);;;;;;/q;6*+1/p-6. The van der Waals surface area contributed by atoms with Crippen LogP contribution in [0.25, 0.3) is 10.8 Å². The maximum Gasteiger partial charge on any atom is 1.00 e. The van der Waals surface area contributed by atoms with Crippen LogP contribution in [-0.4, -0.2) is 124 Å². The molecule has 0 aliphatic heterocycles. The zero-order chi connectivity index (χ0) is 48.8. The van der Waals surface area contributed by atoms with Gasteiger partial charge in [0.15, 0.2) is 25.4 Å². The summed E-state index contributed by atoms with van der Waals surface area (Å²) >= 11 is 0. The van der Waals surface area contributed by atoms with Crippen LogP contribution in [-0.2, 0) is 89.3 Å². The Balaban J connectivity index is -0.00000748. The average molecular weight is 1200 g/mol. The van der Waals surface area contributed by atoms with Crippen LogP contribution in [0.1, 0.15) is 0 Å². The van der Waals surface area contributed by atoms with Crippen LogP contribution in [0.2, 0.25) is 0 Å². The Bertz CT molecular complexity index is 3390. The number of aromatic hydroxyl groups is 1. The van der Waals surface area contributed by atoms with E-state index in [1.807, 2.05) is 0 Å². The zero-order valence-electron chi connectivity index (χ0n) is 36.3. The molecule has 0 aliphatic rings. The summed E-state index contributed by atoms with van der Waals surface area (Å²) < 4.78 is 269. The number of rotatable bonds is 18. The molecule has 44 heteroatoms. The molecule has 4 aromatic rings. The minimum absolute atomic E-state index is 0. The van der Waals surface area contributed by atoms with Gasteiger partial charge in [-0.2, -0.15) is 0 Å². The number of phenolic OH excluding ortho intramolecular Hbond substituents is 1. The number of fused-ring (bicyclic) bond motifs is 1. The van der Waals surface area contributed by atoms with E-state index < -0.39 is 180 Å². The number of nitrogens with two attached hydrogens (primary N) is 1. The van der Waals surface area contributed by atoms with Gasteiger partial charge in [0.2, 0.25) is 20.8 Å². The summed E-state index contributed by atoms with van der Waals surface area (Å²) in [6.45, 7) is -2.52. The summed E-state index contributed by atoms with van der Waals surface area (Å²) in [5, 5.41) is 22.7. The van der Waals surface area contributed by atoms with Gasteiger partial charge in [-0.05, 0) is 53.9 Å². The zero-order valence-corrected chi connectivity index (χ0v) is 54.9. The smallest absolute Gasteiger partial charge is 0.744 e.